The zero-order valence-corrected chi connectivity index (χ0v) is 41.2. The monoisotopic (exact) mass is 962 g/mol. The standard InChI is InChI=1S/C68H46N6O/c1-68(2)53-27-11-10-25-49(53)50-37-35-45(41-54(50)68)66-69-65(44-20-4-3-5-21-44)70-67(71-66)52-38-40-56(51-26-9-8-24-48(51)52)73-57-28-12-13-29-58(57)74(55-32-18-22-43-19-6-7-23-47(43)55)62-42-46(36-39-59(62)73)72-60-30-14-16-33-63(60)75-64-34-17-15-31-61(64)72/h3-42H,1-2H3. The van der Waals surface area contributed by atoms with E-state index in [1.54, 1.807) is 0 Å². The van der Waals surface area contributed by atoms with Gasteiger partial charge >= 0.3 is 0 Å². The lowest BCUT2D eigenvalue weighted by molar-refractivity contribution is 0.477. The lowest BCUT2D eigenvalue weighted by Gasteiger charge is -2.42. The molecule has 0 saturated carbocycles. The first kappa shape index (κ1) is 42.8. The summed E-state index contributed by atoms with van der Waals surface area (Å²) in [5.41, 5.74) is 17.1. The van der Waals surface area contributed by atoms with Crippen LogP contribution in [0.15, 0.2) is 243 Å². The molecule has 0 radical (unpaired) electrons. The number of rotatable bonds is 6. The van der Waals surface area contributed by atoms with Crippen molar-refractivity contribution in [1.29, 1.82) is 0 Å². The van der Waals surface area contributed by atoms with E-state index in [9.17, 15) is 0 Å². The fourth-order valence-electron chi connectivity index (χ4n) is 11.9. The molecule has 0 unspecified atom stereocenters. The van der Waals surface area contributed by atoms with Crippen LogP contribution in [0.4, 0.5) is 51.2 Å². The summed E-state index contributed by atoms with van der Waals surface area (Å²) < 4.78 is 6.50. The molecule has 11 aromatic carbocycles. The average molecular weight is 963 g/mol. The quantitative estimate of drug-likeness (QED) is 0.165. The molecular weight excluding hydrogens is 917 g/mol. The van der Waals surface area contributed by atoms with E-state index in [1.165, 1.54) is 27.6 Å². The molecular formula is C68H46N6O. The van der Waals surface area contributed by atoms with Crippen molar-refractivity contribution in [3.8, 4) is 56.8 Å². The molecule has 3 heterocycles. The van der Waals surface area contributed by atoms with Gasteiger partial charge in [-0.15, -0.1) is 0 Å². The van der Waals surface area contributed by atoms with E-state index in [2.05, 4.69) is 229 Å². The van der Waals surface area contributed by atoms with E-state index in [0.717, 1.165) is 95.5 Å². The maximum absolute atomic E-state index is 6.50. The highest BCUT2D eigenvalue weighted by Crippen LogP contribution is 2.59. The van der Waals surface area contributed by atoms with Crippen LogP contribution in [-0.2, 0) is 5.41 Å². The van der Waals surface area contributed by atoms with Gasteiger partial charge in [0.2, 0.25) is 0 Å². The lowest BCUT2D eigenvalue weighted by atomic mass is 9.82. The molecule has 0 atom stereocenters. The number of aromatic nitrogens is 3. The Kier molecular flexibility index (Phi) is 9.47. The van der Waals surface area contributed by atoms with Crippen molar-refractivity contribution in [3.05, 3.63) is 254 Å². The van der Waals surface area contributed by atoms with Gasteiger partial charge < -0.3 is 19.4 Å². The largest absolute Gasteiger partial charge is 0.453 e. The van der Waals surface area contributed by atoms with Crippen molar-refractivity contribution in [1.82, 2.24) is 15.0 Å². The van der Waals surface area contributed by atoms with E-state index in [-0.39, 0.29) is 5.41 Å². The minimum Gasteiger partial charge on any atom is -0.453 e. The second-order valence-corrected chi connectivity index (χ2v) is 20.0. The van der Waals surface area contributed by atoms with Gasteiger partial charge in [0.15, 0.2) is 29.0 Å². The third kappa shape index (κ3) is 6.64. The third-order valence-corrected chi connectivity index (χ3v) is 15.4. The van der Waals surface area contributed by atoms with Crippen molar-refractivity contribution >= 4 is 72.7 Å². The predicted octanol–water partition coefficient (Wildman–Crippen LogP) is 18.3. The Morgan fingerprint density at radius 3 is 1.61 bits per heavy atom. The molecule has 0 saturated heterocycles. The zero-order valence-electron chi connectivity index (χ0n) is 41.2. The van der Waals surface area contributed by atoms with Crippen molar-refractivity contribution in [2.24, 2.45) is 0 Å². The molecule has 1 aromatic heterocycles. The number of benzene rings is 11. The summed E-state index contributed by atoms with van der Waals surface area (Å²) >= 11 is 0. The molecule has 0 bridgehead atoms. The Balaban J connectivity index is 0.929. The molecule has 7 nitrogen and oxygen atoms in total. The molecule has 0 N–H and O–H groups in total. The van der Waals surface area contributed by atoms with Crippen LogP contribution < -0.4 is 19.4 Å². The summed E-state index contributed by atoms with van der Waals surface area (Å²) in [4.78, 5) is 23.1. The fraction of sp³-hybridized carbons (Fsp3) is 0.0441. The molecule has 2 aliphatic heterocycles. The van der Waals surface area contributed by atoms with Gasteiger partial charge in [-0.25, -0.2) is 15.0 Å². The van der Waals surface area contributed by atoms with Crippen LogP contribution in [0.3, 0.4) is 0 Å². The first-order valence-corrected chi connectivity index (χ1v) is 25.5. The summed E-state index contributed by atoms with van der Waals surface area (Å²) in [5, 5.41) is 4.43. The Morgan fingerprint density at radius 2 is 0.840 bits per heavy atom. The Morgan fingerprint density at radius 1 is 0.320 bits per heavy atom. The molecule has 0 spiro atoms. The minimum atomic E-state index is -0.176. The highest BCUT2D eigenvalue weighted by atomic mass is 16.5. The van der Waals surface area contributed by atoms with Crippen molar-refractivity contribution in [2.75, 3.05) is 14.7 Å². The maximum atomic E-state index is 6.50. The Bertz CT molecular complexity index is 4250. The summed E-state index contributed by atoms with van der Waals surface area (Å²) in [6, 6.07) is 86.2. The van der Waals surface area contributed by atoms with Gasteiger partial charge in [0, 0.05) is 38.6 Å². The predicted molar refractivity (Wildman–Crippen MR) is 306 cm³/mol. The summed E-state index contributed by atoms with van der Waals surface area (Å²) in [6.07, 6.45) is 0. The summed E-state index contributed by atoms with van der Waals surface area (Å²) in [5.74, 6) is 3.49. The molecule has 15 rings (SSSR count). The summed E-state index contributed by atoms with van der Waals surface area (Å²) in [7, 11) is 0. The number of hydrogen-bond donors (Lipinski definition) is 0. The number of fused-ring (bicyclic) bond motifs is 9. The molecule has 0 fully saturated rings. The van der Waals surface area contributed by atoms with Crippen molar-refractivity contribution < 1.29 is 4.74 Å². The van der Waals surface area contributed by atoms with E-state index in [4.69, 9.17) is 19.7 Å². The fourth-order valence-corrected chi connectivity index (χ4v) is 11.9. The average Bonchev–Trinajstić information content (AvgIpc) is 3.73. The number of nitrogens with zero attached hydrogens (tertiary/aromatic N) is 6. The highest BCUT2D eigenvalue weighted by Gasteiger charge is 2.37. The van der Waals surface area contributed by atoms with Crippen LogP contribution in [0.25, 0.3) is 66.8 Å². The van der Waals surface area contributed by atoms with Gasteiger partial charge in [-0.1, -0.05) is 178 Å². The van der Waals surface area contributed by atoms with E-state index < -0.39 is 0 Å². The minimum absolute atomic E-state index is 0.176. The van der Waals surface area contributed by atoms with Gasteiger partial charge in [0.25, 0.3) is 0 Å². The first-order chi connectivity index (χ1) is 37.0. The summed E-state index contributed by atoms with van der Waals surface area (Å²) in [6.45, 7) is 4.62. The van der Waals surface area contributed by atoms with Crippen molar-refractivity contribution in [2.45, 2.75) is 19.3 Å². The highest BCUT2D eigenvalue weighted by molar-refractivity contribution is 6.12. The van der Waals surface area contributed by atoms with E-state index >= 15 is 0 Å². The van der Waals surface area contributed by atoms with Gasteiger partial charge in [0.05, 0.1) is 45.5 Å². The molecule has 354 valence electrons. The van der Waals surface area contributed by atoms with Crippen LogP contribution in [-0.4, -0.2) is 15.0 Å². The SMILES string of the molecule is CC1(C)c2ccccc2-c2ccc(-c3nc(-c4ccccc4)nc(-c4ccc(N5c6ccccc6N(c6cccc7ccccc67)c6cc(N7c8ccccc8Oc8ccccc87)ccc65)c5ccccc45)n3)cc21. The van der Waals surface area contributed by atoms with Crippen LogP contribution in [0.5, 0.6) is 11.5 Å². The number of hydrogen-bond acceptors (Lipinski definition) is 7. The second-order valence-electron chi connectivity index (χ2n) is 20.0. The number of para-hydroxylation sites is 6. The van der Waals surface area contributed by atoms with Crippen LogP contribution in [0.2, 0.25) is 0 Å². The van der Waals surface area contributed by atoms with Gasteiger partial charge in [-0.05, 0) is 112 Å². The lowest BCUT2D eigenvalue weighted by Crippen LogP contribution is -2.25. The number of anilines is 9. The zero-order chi connectivity index (χ0) is 49.8. The third-order valence-electron chi connectivity index (χ3n) is 15.4. The Hall–Kier alpha value is -9.85. The second kappa shape index (κ2) is 16.6. The number of ether oxygens (including phenoxy) is 1. The van der Waals surface area contributed by atoms with Crippen LogP contribution in [0, 0.1) is 0 Å². The molecule has 7 heteroatoms. The van der Waals surface area contributed by atoms with Crippen LogP contribution in [0.1, 0.15) is 25.0 Å². The molecule has 1 aliphatic carbocycles. The normalized spacial score (nSPS) is 13.6. The maximum Gasteiger partial charge on any atom is 0.164 e. The first-order valence-electron chi connectivity index (χ1n) is 25.5. The van der Waals surface area contributed by atoms with Crippen LogP contribution >= 0.6 is 0 Å². The van der Waals surface area contributed by atoms with Gasteiger partial charge in [0.1, 0.15) is 0 Å². The molecule has 3 aliphatic rings. The smallest absolute Gasteiger partial charge is 0.164 e. The van der Waals surface area contributed by atoms with E-state index in [0.29, 0.717) is 17.5 Å². The topological polar surface area (TPSA) is 57.6 Å². The van der Waals surface area contributed by atoms with Crippen molar-refractivity contribution in [3.63, 3.8) is 0 Å². The molecule has 0 amide bonds. The van der Waals surface area contributed by atoms with Gasteiger partial charge in [-0.3, -0.25) is 0 Å². The molecule has 75 heavy (non-hydrogen) atoms. The molecule has 12 aromatic rings. The Labute approximate surface area is 434 Å². The van der Waals surface area contributed by atoms with E-state index in [1.807, 2.05) is 42.5 Å². The van der Waals surface area contributed by atoms with Gasteiger partial charge in [-0.2, -0.15) is 0 Å².